The van der Waals surface area contributed by atoms with Crippen LogP contribution in [0.3, 0.4) is 0 Å². The lowest BCUT2D eigenvalue weighted by atomic mass is 9.86. The van der Waals surface area contributed by atoms with Gasteiger partial charge in [-0.3, -0.25) is 19.4 Å². The Morgan fingerprint density at radius 3 is 2.34 bits per heavy atom. The fraction of sp³-hybridized carbons (Fsp3) is 0.474. The number of Topliss-reactive ketones (excluding diaryl/α,β-unsaturated/α-hetero) is 1. The van der Waals surface area contributed by atoms with Crippen molar-refractivity contribution in [2.24, 2.45) is 28.5 Å². The molecule has 0 aliphatic carbocycles. The second kappa shape index (κ2) is 18.3. The molecule has 53 heavy (non-hydrogen) atoms. The number of carbonyl (C=O) groups excluding carboxylic acids is 3. The van der Waals surface area contributed by atoms with Crippen LogP contribution in [-0.4, -0.2) is 84.1 Å². The van der Waals surface area contributed by atoms with E-state index in [0.29, 0.717) is 61.7 Å². The highest BCUT2D eigenvalue weighted by molar-refractivity contribution is 5.96. The van der Waals surface area contributed by atoms with Crippen LogP contribution in [0.5, 0.6) is 0 Å². The number of guanidine groups is 1. The normalized spacial score (nSPS) is 14.6. The second-order valence-corrected chi connectivity index (χ2v) is 13.6. The first kappa shape index (κ1) is 40.3. The fourth-order valence-corrected chi connectivity index (χ4v) is 6.12. The molecule has 5 N–H and O–H groups in total. The number of hydrogen-bond donors (Lipinski definition) is 4. The number of hydrogen-bond acceptors (Lipinski definition) is 8. The first-order valence-corrected chi connectivity index (χ1v) is 17.9. The van der Waals surface area contributed by atoms with Crippen molar-refractivity contribution in [3.8, 4) is 0 Å². The molecule has 2 atom stereocenters. The summed E-state index contributed by atoms with van der Waals surface area (Å²) in [5.41, 5.74) is 6.48. The summed E-state index contributed by atoms with van der Waals surface area (Å²) in [6, 6.07) is 9.55. The second-order valence-electron chi connectivity index (χ2n) is 13.6. The topological polar surface area (TPSA) is 189 Å². The minimum absolute atomic E-state index is 0.000859. The number of halogens is 1. The molecular weight excluding hydrogens is 685 g/mol. The number of nitrogens with one attached hydrogen (secondary N) is 2. The van der Waals surface area contributed by atoms with E-state index >= 15 is 4.39 Å². The average molecular weight is 736 g/mol. The average Bonchev–Trinajstić information content (AvgIpc) is 3.15. The predicted octanol–water partition coefficient (Wildman–Crippen LogP) is 4.44. The van der Waals surface area contributed by atoms with Crippen LogP contribution in [0.15, 0.2) is 52.4 Å². The number of nitrogens with two attached hydrogens (primary N) is 1. The number of amides is 2. The van der Waals surface area contributed by atoms with Crippen LogP contribution in [0.25, 0.3) is 10.9 Å². The quantitative estimate of drug-likeness (QED) is 0.0987. The van der Waals surface area contributed by atoms with Crippen molar-refractivity contribution >= 4 is 52.0 Å². The van der Waals surface area contributed by atoms with Crippen LogP contribution in [0.2, 0.25) is 0 Å². The number of aromatic carboxylic acids is 1. The lowest BCUT2D eigenvalue weighted by Crippen LogP contribution is -2.49. The molecule has 1 fully saturated rings. The van der Waals surface area contributed by atoms with Crippen LogP contribution in [0.4, 0.5) is 20.6 Å². The number of aliphatic imine (C=N–C) groups is 1. The van der Waals surface area contributed by atoms with Gasteiger partial charge in [-0.1, -0.05) is 32.9 Å². The van der Waals surface area contributed by atoms with Gasteiger partial charge in [0.05, 0.1) is 11.2 Å². The van der Waals surface area contributed by atoms with Crippen LogP contribution >= 0.6 is 0 Å². The van der Waals surface area contributed by atoms with Gasteiger partial charge in [0.15, 0.2) is 5.96 Å². The molecule has 2 amide bonds. The van der Waals surface area contributed by atoms with Gasteiger partial charge in [0, 0.05) is 81.8 Å². The molecule has 0 bridgehead atoms. The zero-order chi connectivity index (χ0) is 38.8. The molecule has 2 heterocycles. The van der Waals surface area contributed by atoms with E-state index in [-0.39, 0.29) is 60.7 Å². The molecule has 286 valence electrons. The Morgan fingerprint density at radius 2 is 1.74 bits per heavy atom. The van der Waals surface area contributed by atoms with Gasteiger partial charge in [-0.25, -0.2) is 14.0 Å². The van der Waals surface area contributed by atoms with Gasteiger partial charge in [0.1, 0.15) is 23.8 Å². The van der Waals surface area contributed by atoms with Gasteiger partial charge < -0.3 is 40.6 Å². The summed E-state index contributed by atoms with van der Waals surface area (Å²) in [5, 5.41) is 15.3. The van der Waals surface area contributed by atoms with E-state index in [1.807, 2.05) is 20.8 Å². The number of ketones is 1. The summed E-state index contributed by atoms with van der Waals surface area (Å²) >= 11 is 0. The minimum Gasteiger partial charge on any atom is -0.477 e. The molecule has 4 rings (SSSR count). The molecule has 15 heteroatoms. The summed E-state index contributed by atoms with van der Waals surface area (Å²) in [4.78, 5) is 70.5. The standard InChI is InChI=1S/C38H50FN7O7/c1-6-44-21-29(36(50)51)34(48)28-19-30(39)32(20-31(28)44)45-14-16-46(17-15-45)38(52)53-22-25-9-11-27(12-10-25)43-35(49)26(8-7-13-42-37(40)41-5)18-33(47)24(4)23(2)3/h9-12,19-21,23-24,26H,6-8,13-18,22H2,1-5H3,(H,43,49)(H,50,51)(H3,40,41,42)/t24-,26+/m0/s1. The first-order chi connectivity index (χ1) is 25.2. The van der Waals surface area contributed by atoms with Gasteiger partial charge in [-0.2, -0.15) is 0 Å². The number of pyridine rings is 1. The summed E-state index contributed by atoms with van der Waals surface area (Å²) in [6.07, 6.45) is 1.99. The monoisotopic (exact) mass is 735 g/mol. The number of carbonyl (C=O) groups is 4. The van der Waals surface area contributed by atoms with E-state index < -0.39 is 34.8 Å². The third-order valence-electron chi connectivity index (χ3n) is 9.78. The molecule has 0 saturated carbocycles. The highest BCUT2D eigenvalue weighted by atomic mass is 19.1. The van der Waals surface area contributed by atoms with Crippen LogP contribution in [-0.2, 0) is 27.5 Å². The maximum Gasteiger partial charge on any atom is 0.410 e. The van der Waals surface area contributed by atoms with E-state index in [1.54, 1.807) is 53.8 Å². The third kappa shape index (κ3) is 10.3. The molecule has 1 aliphatic heterocycles. The number of carboxylic acid groups (broad SMARTS) is 1. The fourth-order valence-electron chi connectivity index (χ4n) is 6.12. The summed E-state index contributed by atoms with van der Waals surface area (Å²) in [5.74, 6) is -2.43. The Labute approximate surface area is 308 Å². The predicted molar refractivity (Wildman–Crippen MR) is 202 cm³/mol. The number of fused-ring (bicyclic) bond motifs is 1. The van der Waals surface area contributed by atoms with E-state index in [1.165, 1.54) is 11.1 Å². The maximum atomic E-state index is 15.3. The Balaban J connectivity index is 1.31. The van der Waals surface area contributed by atoms with E-state index in [4.69, 9.17) is 10.5 Å². The number of benzene rings is 2. The van der Waals surface area contributed by atoms with Crippen molar-refractivity contribution in [2.45, 2.75) is 60.1 Å². The van der Waals surface area contributed by atoms with Crippen molar-refractivity contribution < 1.29 is 33.4 Å². The number of aromatic nitrogens is 1. The highest BCUT2D eigenvalue weighted by Gasteiger charge is 2.27. The lowest BCUT2D eigenvalue weighted by molar-refractivity contribution is -0.129. The van der Waals surface area contributed by atoms with Gasteiger partial charge >= 0.3 is 12.1 Å². The van der Waals surface area contributed by atoms with Crippen LogP contribution in [0, 0.1) is 23.6 Å². The number of nitrogens with zero attached hydrogens (tertiary/aromatic N) is 4. The Bertz CT molecular complexity index is 1890. The van der Waals surface area contributed by atoms with E-state index in [0.717, 1.165) is 6.07 Å². The lowest BCUT2D eigenvalue weighted by Gasteiger charge is -2.35. The largest absolute Gasteiger partial charge is 0.477 e. The van der Waals surface area contributed by atoms with Crippen molar-refractivity contribution in [3.05, 3.63) is 69.8 Å². The minimum atomic E-state index is -1.37. The summed E-state index contributed by atoms with van der Waals surface area (Å²) in [6.45, 7) is 9.73. The molecule has 1 aliphatic rings. The van der Waals surface area contributed by atoms with Crippen molar-refractivity contribution in [2.75, 3.05) is 50.0 Å². The third-order valence-corrected chi connectivity index (χ3v) is 9.78. The number of piperazine rings is 1. The zero-order valence-electron chi connectivity index (χ0n) is 31.0. The van der Waals surface area contributed by atoms with Crippen LogP contribution in [0.1, 0.15) is 62.9 Å². The van der Waals surface area contributed by atoms with Gasteiger partial charge in [0.25, 0.3) is 0 Å². The van der Waals surface area contributed by atoms with Crippen molar-refractivity contribution in [1.29, 1.82) is 0 Å². The highest BCUT2D eigenvalue weighted by Crippen LogP contribution is 2.27. The van der Waals surface area contributed by atoms with Gasteiger partial charge in [-0.15, -0.1) is 0 Å². The van der Waals surface area contributed by atoms with E-state index in [2.05, 4.69) is 15.6 Å². The molecule has 0 radical (unpaired) electrons. The zero-order valence-corrected chi connectivity index (χ0v) is 31.0. The van der Waals surface area contributed by atoms with E-state index in [9.17, 15) is 29.1 Å². The van der Waals surface area contributed by atoms with Crippen molar-refractivity contribution in [1.82, 2.24) is 14.8 Å². The van der Waals surface area contributed by atoms with Gasteiger partial charge in [-0.05, 0) is 55.5 Å². The summed E-state index contributed by atoms with van der Waals surface area (Å²) in [7, 11) is 1.58. The Kier molecular flexibility index (Phi) is 13.9. The molecule has 1 aromatic heterocycles. The Hall–Kier alpha value is -5.47. The molecule has 14 nitrogen and oxygen atoms in total. The SMILES string of the molecule is CCn1cc(C(=O)O)c(=O)c2cc(F)c(N3CCN(C(=O)OCc4ccc(NC(=O)[C@H](CCCNC(N)=NC)CC(=O)[C@@H](C)C(C)C)cc4)CC3)cc21. The maximum absolute atomic E-state index is 15.3. The first-order valence-electron chi connectivity index (χ1n) is 17.9. The number of anilines is 2. The number of carboxylic acids is 1. The molecular formula is C38H50FN7O7. The number of rotatable bonds is 15. The summed E-state index contributed by atoms with van der Waals surface area (Å²) < 4.78 is 22.4. The smallest absolute Gasteiger partial charge is 0.410 e. The van der Waals surface area contributed by atoms with Crippen LogP contribution < -0.4 is 26.7 Å². The van der Waals surface area contributed by atoms with Crippen molar-refractivity contribution in [3.63, 3.8) is 0 Å². The molecule has 0 unspecified atom stereocenters. The number of ether oxygens (including phenoxy) is 1. The Morgan fingerprint density at radius 1 is 1.06 bits per heavy atom. The molecule has 1 saturated heterocycles. The molecule has 2 aromatic carbocycles. The van der Waals surface area contributed by atoms with Gasteiger partial charge in [0.2, 0.25) is 11.3 Å². The number of aryl methyl sites for hydroxylation is 1. The molecule has 0 spiro atoms. The molecule has 3 aromatic rings.